The fraction of sp³-hybridized carbons (Fsp3) is 0.333. The fourth-order valence-electron chi connectivity index (χ4n) is 1.35. The third-order valence-corrected chi connectivity index (χ3v) is 2.17. The lowest BCUT2D eigenvalue weighted by molar-refractivity contribution is -0.146. The highest BCUT2D eigenvalue weighted by atomic mass is 19.4. The van der Waals surface area contributed by atoms with Gasteiger partial charge in [-0.1, -0.05) is 22.9 Å². The Bertz CT molecular complexity index is 398. The van der Waals surface area contributed by atoms with Crippen LogP contribution in [0.3, 0.4) is 0 Å². The summed E-state index contributed by atoms with van der Waals surface area (Å²) in [5.41, 5.74) is 3.57. The second-order valence-electron chi connectivity index (χ2n) is 3.44. The van der Waals surface area contributed by atoms with E-state index in [0.717, 1.165) is 10.6 Å². The van der Waals surface area contributed by atoms with Crippen LogP contribution in [0.2, 0.25) is 0 Å². The molecule has 0 spiro atoms. The van der Waals surface area contributed by atoms with Gasteiger partial charge in [0.1, 0.15) is 0 Å². The number of hydrazine groups is 1. The summed E-state index contributed by atoms with van der Waals surface area (Å²) < 4.78 is 37.6. The molecule has 0 bridgehead atoms. The number of anilines is 1. The molecule has 1 aliphatic rings. The number of nitrogens with zero attached hydrogens (tertiary/aromatic N) is 3. The number of alkyl halides is 3. The molecular formula is C9H9F3N4. The molecule has 16 heavy (non-hydrogen) atoms. The smallest absolute Gasteiger partial charge is 0.235 e. The molecule has 1 heterocycles. The molecule has 1 unspecified atom stereocenters. The molecule has 1 aromatic carbocycles. The number of rotatable bonds is 1. The Morgan fingerprint density at radius 2 is 1.88 bits per heavy atom. The molecule has 1 N–H and O–H groups in total. The number of hydrogen-bond acceptors (Lipinski definition) is 4. The largest absolute Gasteiger partial charge is 0.433 e. The molecule has 0 fully saturated rings. The summed E-state index contributed by atoms with van der Waals surface area (Å²) in [5.74, 6) is 0. The van der Waals surface area contributed by atoms with E-state index in [1.807, 2.05) is 6.92 Å². The highest BCUT2D eigenvalue weighted by Crippen LogP contribution is 2.30. The van der Waals surface area contributed by atoms with Crippen LogP contribution in [-0.2, 0) is 0 Å². The van der Waals surface area contributed by atoms with Crippen molar-refractivity contribution in [1.29, 1.82) is 0 Å². The average Bonchev–Trinajstić information content (AvgIpc) is 2.66. The summed E-state index contributed by atoms with van der Waals surface area (Å²) in [6, 6.07) is 6.61. The maximum atomic E-state index is 12.5. The van der Waals surface area contributed by atoms with Crippen LogP contribution < -0.4 is 10.5 Å². The molecule has 0 saturated carbocycles. The highest BCUT2D eigenvalue weighted by Gasteiger charge is 2.47. The van der Waals surface area contributed by atoms with Gasteiger partial charge in [0.05, 0.1) is 5.69 Å². The van der Waals surface area contributed by atoms with E-state index in [0.29, 0.717) is 5.69 Å². The standard InChI is InChI=1S/C9H9F3N4/c1-6-2-4-7(5-3-6)16-8(9(10,11)12)13-14-15-16/h2-5,8H,1H3,(H,13,15). The molecule has 0 aromatic heterocycles. The van der Waals surface area contributed by atoms with Crippen molar-refractivity contribution in [2.75, 3.05) is 5.01 Å². The lowest BCUT2D eigenvalue weighted by atomic mass is 10.2. The lowest BCUT2D eigenvalue weighted by Crippen LogP contribution is -2.46. The molecule has 0 saturated heterocycles. The van der Waals surface area contributed by atoms with E-state index in [9.17, 15) is 13.2 Å². The van der Waals surface area contributed by atoms with Crippen molar-refractivity contribution in [2.24, 2.45) is 10.3 Å². The van der Waals surface area contributed by atoms with Crippen LogP contribution in [0.1, 0.15) is 5.56 Å². The first-order chi connectivity index (χ1) is 7.48. The van der Waals surface area contributed by atoms with Crippen molar-refractivity contribution >= 4 is 5.69 Å². The van der Waals surface area contributed by atoms with Crippen molar-refractivity contribution in [2.45, 2.75) is 19.3 Å². The molecule has 1 atom stereocenters. The predicted molar refractivity (Wildman–Crippen MR) is 51.5 cm³/mol. The van der Waals surface area contributed by atoms with E-state index in [1.165, 1.54) is 0 Å². The minimum atomic E-state index is -4.45. The van der Waals surface area contributed by atoms with E-state index in [-0.39, 0.29) is 0 Å². The average molecular weight is 230 g/mol. The number of nitrogens with one attached hydrogen (secondary N) is 1. The van der Waals surface area contributed by atoms with Crippen LogP contribution in [0, 0.1) is 6.92 Å². The molecular weight excluding hydrogens is 221 g/mol. The monoisotopic (exact) mass is 230 g/mol. The third-order valence-electron chi connectivity index (χ3n) is 2.17. The van der Waals surface area contributed by atoms with Gasteiger partial charge in [-0.2, -0.15) is 18.7 Å². The van der Waals surface area contributed by atoms with Crippen LogP contribution in [0.5, 0.6) is 0 Å². The number of aryl methyl sites for hydroxylation is 1. The first kappa shape index (κ1) is 10.7. The molecule has 1 aliphatic heterocycles. The van der Waals surface area contributed by atoms with Crippen LogP contribution in [0.15, 0.2) is 34.6 Å². The van der Waals surface area contributed by atoms with Gasteiger partial charge in [0, 0.05) is 0 Å². The molecule has 1 aromatic rings. The number of hydrogen-bond donors (Lipinski definition) is 1. The third kappa shape index (κ3) is 1.93. The molecule has 2 rings (SSSR count). The molecule has 86 valence electrons. The van der Waals surface area contributed by atoms with Gasteiger partial charge in [0.15, 0.2) is 0 Å². The van der Waals surface area contributed by atoms with Crippen LogP contribution in [-0.4, -0.2) is 12.3 Å². The van der Waals surface area contributed by atoms with E-state index in [1.54, 1.807) is 24.3 Å². The second kappa shape index (κ2) is 3.66. The van der Waals surface area contributed by atoms with Gasteiger partial charge in [-0.05, 0) is 19.1 Å². The minimum Gasteiger partial charge on any atom is -0.235 e. The quantitative estimate of drug-likeness (QED) is 0.805. The first-order valence-corrected chi connectivity index (χ1v) is 4.56. The first-order valence-electron chi connectivity index (χ1n) is 4.56. The predicted octanol–water partition coefficient (Wildman–Crippen LogP) is 2.58. The topological polar surface area (TPSA) is 40.0 Å². The zero-order chi connectivity index (χ0) is 11.8. The zero-order valence-electron chi connectivity index (χ0n) is 8.36. The highest BCUT2D eigenvalue weighted by molar-refractivity contribution is 5.47. The second-order valence-corrected chi connectivity index (χ2v) is 3.44. The Morgan fingerprint density at radius 3 is 2.44 bits per heavy atom. The Balaban J connectivity index is 2.25. The van der Waals surface area contributed by atoms with Crippen molar-refractivity contribution in [3.63, 3.8) is 0 Å². The Labute approximate surface area is 89.7 Å². The Kier molecular flexibility index (Phi) is 2.45. The molecule has 0 radical (unpaired) electrons. The summed E-state index contributed by atoms with van der Waals surface area (Å²) in [6.45, 7) is 1.86. The SMILES string of the molecule is Cc1ccc(N2NN=NC2C(F)(F)F)cc1. The number of benzene rings is 1. The van der Waals surface area contributed by atoms with E-state index >= 15 is 0 Å². The van der Waals surface area contributed by atoms with Crippen molar-refractivity contribution < 1.29 is 13.2 Å². The lowest BCUT2D eigenvalue weighted by Gasteiger charge is -2.24. The Hall–Kier alpha value is -1.79. The minimum absolute atomic E-state index is 0.373. The summed E-state index contributed by atoms with van der Waals surface area (Å²) in [7, 11) is 0. The zero-order valence-corrected chi connectivity index (χ0v) is 8.36. The van der Waals surface area contributed by atoms with Gasteiger partial charge in [0.2, 0.25) is 0 Å². The van der Waals surface area contributed by atoms with E-state index in [4.69, 9.17) is 0 Å². The van der Waals surface area contributed by atoms with Crippen molar-refractivity contribution in [1.82, 2.24) is 5.53 Å². The summed E-state index contributed by atoms with van der Waals surface area (Å²) in [5, 5.41) is 7.17. The van der Waals surface area contributed by atoms with E-state index in [2.05, 4.69) is 15.9 Å². The molecule has 0 amide bonds. The van der Waals surface area contributed by atoms with Crippen LogP contribution in [0.4, 0.5) is 18.9 Å². The van der Waals surface area contributed by atoms with Crippen molar-refractivity contribution in [3.05, 3.63) is 29.8 Å². The molecule has 0 aliphatic carbocycles. The van der Waals surface area contributed by atoms with Gasteiger partial charge in [-0.3, -0.25) is 0 Å². The van der Waals surface area contributed by atoms with Crippen LogP contribution in [0.25, 0.3) is 0 Å². The van der Waals surface area contributed by atoms with Gasteiger partial charge in [0.25, 0.3) is 6.17 Å². The van der Waals surface area contributed by atoms with Gasteiger partial charge in [-0.25, -0.2) is 5.01 Å². The fourth-order valence-corrected chi connectivity index (χ4v) is 1.35. The summed E-state index contributed by atoms with van der Waals surface area (Å²) in [4.78, 5) is 0. The number of halogens is 3. The molecule has 4 nitrogen and oxygen atoms in total. The maximum Gasteiger partial charge on any atom is 0.433 e. The van der Waals surface area contributed by atoms with E-state index < -0.39 is 12.3 Å². The summed E-state index contributed by atoms with van der Waals surface area (Å²) in [6.07, 6.45) is -6.41. The Morgan fingerprint density at radius 1 is 1.25 bits per heavy atom. The molecule has 7 heteroatoms. The van der Waals surface area contributed by atoms with Gasteiger partial charge in [-0.15, -0.1) is 5.11 Å². The van der Waals surface area contributed by atoms with Crippen molar-refractivity contribution in [3.8, 4) is 0 Å². The normalized spacial score (nSPS) is 20.0. The van der Waals surface area contributed by atoms with Crippen LogP contribution >= 0.6 is 0 Å². The van der Waals surface area contributed by atoms with Gasteiger partial charge >= 0.3 is 6.18 Å². The summed E-state index contributed by atoms with van der Waals surface area (Å²) >= 11 is 0. The maximum absolute atomic E-state index is 12.5. The van der Waals surface area contributed by atoms with Gasteiger partial charge < -0.3 is 0 Å².